The average Bonchev–Trinajstić information content (AvgIpc) is 2.48. The standard InChI is InChI=1S/C10H20GeN2O6S2/c1-20-5-3-7(12-16)9(14)18-11-19-10(15)8(13-17)4-6-21-2/h7-8,12-13,16-17H,3-6H2,1-2H3/t7-,8-/m0/s1. The van der Waals surface area contributed by atoms with Crippen molar-refractivity contribution in [1.29, 1.82) is 0 Å². The van der Waals surface area contributed by atoms with Crippen LogP contribution in [0.1, 0.15) is 12.8 Å². The first-order valence-corrected chi connectivity index (χ1v) is 10.5. The van der Waals surface area contributed by atoms with Gasteiger partial charge < -0.3 is 0 Å². The van der Waals surface area contributed by atoms with Gasteiger partial charge in [0.25, 0.3) is 0 Å². The van der Waals surface area contributed by atoms with E-state index in [0.717, 1.165) is 0 Å². The summed E-state index contributed by atoms with van der Waals surface area (Å²) in [4.78, 5) is 23.2. The first kappa shape index (κ1) is 21.0. The minimum atomic E-state index is -1.72. The second kappa shape index (κ2) is 13.7. The molecule has 0 rings (SSSR count). The van der Waals surface area contributed by atoms with Gasteiger partial charge >= 0.3 is 139 Å². The summed E-state index contributed by atoms with van der Waals surface area (Å²) >= 11 is 1.35. The van der Waals surface area contributed by atoms with Gasteiger partial charge in [0.15, 0.2) is 0 Å². The number of nitrogens with one attached hydrogen (secondary N) is 2. The Morgan fingerprint density at radius 1 is 1.00 bits per heavy atom. The Labute approximate surface area is 139 Å². The van der Waals surface area contributed by atoms with Crippen LogP contribution >= 0.6 is 23.5 Å². The van der Waals surface area contributed by atoms with E-state index in [1.807, 2.05) is 23.5 Å². The molecule has 11 heteroatoms. The van der Waals surface area contributed by atoms with Gasteiger partial charge in [-0.2, -0.15) is 0 Å². The van der Waals surface area contributed by atoms with Crippen molar-refractivity contribution in [2.45, 2.75) is 24.9 Å². The van der Waals surface area contributed by atoms with E-state index in [2.05, 4.69) is 0 Å². The number of hydroxylamine groups is 2. The van der Waals surface area contributed by atoms with Crippen LogP contribution in [0, 0.1) is 0 Å². The van der Waals surface area contributed by atoms with Gasteiger partial charge in [0.1, 0.15) is 0 Å². The molecular formula is C10H20GeN2O6S2. The van der Waals surface area contributed by atoms with E-state index in [4.69, 9.17) is 17.9 Å². The SMILES string of the molecule is CSCC[C@H](NO)C(=O)[O][Ge][O]C(=O)[C@H](CCSC)NO. The minimum absolute atomic E-state index is 0.408. The second-order valence-electron chi connectivity index (χ2n) is 3.85. The van der Waals surface area contributed by atoms with E-state index in [1.165, 1.54) is 23.5 Å². The molecule has 0 aromatic carbocycles. The molecule has 21 heavy (non-hydrogen) atoms. The molecule has 0 bridgehead atoms. The number of thioether (sulfide) groups is 2. The Hall–Kier alpha value is 0.0229. The molecule has 2 atom stereocenters. The third-order valence-electron chi connectivity index (χ3n) is 2.39. The van der Waals surface area contributed by atoms with Gasteiger partial charge in [-0.1, -0.05) is 0 Å². The predicted molar refractivity (Wildman–Crippen MR) is 81.4 cm³/mol. The molecule has 4 N–H and O–H groups in total. The Bertz CT molecular complexity index is 285. The van der Waals surface area contributed by atoms with Crippen molar-refractivity contribution in [3.8, 4) is 0 Å². The molecule has 0 aromatic rings. The molecule has 0 unspecified atom stereocenters. The average molecular weight is 401 g/mol. The number of carbonyl (C=O) groups excluding carboxylic acids is 2. The number of hydrogen-bond donors (Lipinski definition) is 4. The quantitative estimate of drug-likeness (QED) is 0.259. The van der Waals surface area contributed by atoms with Crippen LogP contribution < -0.4 is 11.0 Å². The molecule has 0 saturated heterocycles. The molecule has 0 fully saturated rings. The van der Waals surface area contributed by atoms with Gasteiger partial charge in [-0.05, 0) is 0 Å². The van der Waals surface area contributed by atoms with Crippen LogP contribution in [0.15, 0.2) is 0 Å². The van der Waals surface area contributed by atoms with Gasteiger partial charge in [0.2, 0.25) is 0 Å². The van der Waals surface area contributed by atoms with Crippen molar-refractivity contribution in [3.63, 3.8) is 0 Å². The summed E-state index contributed by atoms with van der Waals surface area (Å²) in [5.74, 6) is 0.0466. The fourth-order valence-corrected chi connectivity index (χ4v) is 3.16. The van der Waals surface area contributed by atoms with Crippen molar-refractivity contribution < 1.29 is 27.5 Å². The van der Waals surface area contributed by atoms with Crippen molar-refractivity contribution in [2.24, 2.45) is 0 Å². The zero-order valence-electron chi connectivity index (χ0n) is 11.8. The first-order chi connectivity index (χ1) is 10.1. The predicted octanol–water partition coefficient (Wildman–Crippen LogP) is -0.192. The maximum absolute atomic E-state index is 11.6. The van der Waals surface area contributed by atoms with Gasteiger partial charge in [-0.3, -0.25) is 0 Å². The molecule has 0 amide bonds. The van der Waals surface area contributed by atoms with Crippen LogP contribution in [0.25, 0.3) is 0 Å². The first-order valence-electron chi connectivity index (χ1n) is 6.04. The van der Waals surface area contributed by atoms with E-state index in [0.29, 0.717) is 24.3 Å². The van der Waals surface area contributed by atoms with E-state index >= 15 is 0 Å². The number of rotatable bonds is 12. The molecule has 8 nitrogen and oxygen atoms in total. The fraction of sp³-hybridized carbons (Fsp3) is 0.800. The third kappa shape index (κ3) is 9.60. The van der Waals surface area contributed by atoms with Crippen molar-refractivity contribution in [1.82, 2.24) is 11.0 Å². The van der Waals surface area contributed by atoms with Crippen LogP contribution in [-0.4, -0.2) is 74.6 Å². The molecule has 2 radical (unpaired) electrons. The normalized spacial score (nSPS) is 13.5. The topological polar surface area (TPSA) is 117 Å². The fourth-order valence-electron chi connectivity index (χ4n) is 1.19. The molecule has 0 spiro atoms. The van der Waals surface area contributed by atoms with Crippen LogP contribution in [-0.2, 0) is 17.1 Å². The van der Waals surface area contributed by atoms with Crippen molar-refractivity contribution in [3.05, 3.63) is 0 Å². The summed E-state index contributed by atoms with van der Waals surface area (Å²) in [6.07, 6.45) is 4.58. The van der Waals surface area contributed by atoms with Crippen LogP contribution in [0.4, 0.5) is 0 Å². The van der Waals surface area contributed by atoms with Crippen LogP contribution in [0.3, 0.4) is 0 Å². The monoisotopic (exact) mass is 402 g/mol. The molecule has 0 aliphatic carbocycles. The molecular weight excluding hydrogens is 381 g/mol. The summed E-state index contributed by atoms with van der Waals surface area (Å²) in [5.41, 5.74) is 3.75. The third-order valence-corrected chi connectivity index (χ3v) is 4.87. The summed E-state index contributed by atoms with van der Waals surface area (Å²) in [7, 11) is 0. The Kier molecular flexibility index (Phi) is 13.7. The van der Waals surface area contributed by atoms with Crippen molar-refractivity contribution in [2.75, 3.05) is 24.0 Å². The summed E-state index contributed by atoms with van der Waals surface area (Å²) in [6.45, 7) is 0. The molecule has 0 heterocycles. The Morgan fingerprint density at radius 3 is 1.67 bits per heavy atom. The van der Waals surface area contributed by atoms with Gasteiger partial charge in [-0.15, -0.1) is 0 Å². The zero-order chi connectivity index (χ0) is 16.1. The zero-order valence-corrected chi connectivity index (χ0v) is 15.6. The molecule has 0 aliphatic heterocycles. The molecule has 0 aromatic heterocycles. The van der Waals surface area contributed by atoms with Crippen LogP contribution in [0.5, 0.6) is 0 Å². The van der Waals surface area contributed by atoms with E-state index in [-0.39, 0.29) is 0 Å². The Balaban J connectivity index is 4.04. The van der Waals surface area contributed by atoms with Gasteiger partial charge in [0, 0.05) is 0 Å². The number of hydrogen-bond acceptors (Lipinski definition) is 10. The van der Waals surface area contributed by atoms with Gasteiger partial charge in [0.05, 0.1) is 0 Å². The summed E-state index contributed by atoms with van der Waals surface area (Å²) in [6, 6.07) is -1.66. The Morgan fingerprint density at radius 2 is 1.38 bits per heavy atom. The van der Waals surface area contributed by atoms with E-state index < -0.39 is 40.1 Å². The summed E-state index contributed by atoms with van der Waals surface area (Å²) < 4.78 is 9.72. The molecule has 0 saturated carbocycles. The van der Waals surface area contributed by atoms with Gasteiger partial charge in [-0.25, -0.2) is 0 Å². The summed E-state index contributed by atoms with van der Waals surface area (Å²) in [5, 5.41) is 17.7. The van der Waals surface area contributed by atoms with E-state index in [1.54, 1.807) is 0 Å². The van der Waals surface area contributed by atoms with Crippen LogP contribution in [0.2, 0.25) is 0 Å². The molecule has 0 aliphatic rings. The van der Waals surface area contributed by atoms with E-state index in [9.17, 15) is 9.59 Å². The maximum atomic E-state index is 11.6. The van der Waals surface area contributed by atoms with Crippen molar-refractivity contribution >= 4 is 51.6 Å². The second-order valence-corrected chi connectivity index (χ2v) is 7.03. The number of carbonyl (C=O) groups is 2. The molecule has 122 valence electrons.